The van der Waals surface area contributed by atoms with E-state index in [4.69, 9.17) is 0 Å². The van der Waals surface area contributed by atoms with E-state index in [0.29, 0.717) is 47.9 Å². The van der Waals surface area contributed by atoms with Gasteiger partial charge in [-0.1, -0.05) is 13.8 Å². The number of nitriles is 1. The zero-order valence-electron chi connectivity index (χ0n) is 18.9. The molecule has 2 fully saturated rings. The third-order valence-electron chi connectivity index (χ3n) is 6.74. The fraction of sp³-hybridized carbons (Fsp3) is 0.478. The Hall–Kier alpha value is -3.10. The third kappa shape index (κ3) is 3.80. The Labute approximate surface area is 196 Å². The van der Waals surface area contributed by atoms with Crippen LogP contribution in [0.2, 0.25) is 0 Å². The molecule has 2 aliphatic rings. The van der Waals surface area contributed by atoms with Crippen molar-refractivity contribution in [2.75, 3.05) is 13.1 Å². The van der Waals surface area contributed by atoms with E-state index < -0.39 is 26.3 Å². The predicted molar refractivity (Wildman–Crippen MR) is 123 cm³/mol. The second-order valence-electron chi connectivity index (χ2n) is 9.49. The number of sulfonamides is 1. The minimum atomic E-state index is -4.22. The number of aromatic nitrogens is 3. The molecule has 3 aromatic rings. The maximum atomic E-state index is 15.1. The highest BCUT2D eigenvalue weighted by Gasteiger charge is 2.47. The topological polar surface area (TPSA) is 132 Å². The lowest BCUT2D eigenvalue weighted by Gasteiger charge is -2.33. The summed E-state index contributed by atoms with van der Waals surface area (Å²) < 4.78 is 43.0. The van der Waals surface area contributed by atoms with Crippen LogP contribution >= 0.6 is 0 Å². The van der Waals surface area contributed by atoms with Crippen LogP contribution in [0.15, 0.2) is 23.4 Å². The average molecular weight is 485 g/mol. The number of H-pyrrole nitrogens is 1. The van der Waals surface area contributed by atoms with Gasteiger partial charge in [-0.25, -0.2) is 22.8 Å². The van der Waals surface area contributed by atoms with Gasteiger partial charge in [0.05, 0.1) is 11.8 Å². The van der Waals surface area contributed by atoms with Gasteiger partial charge in [0, 0.05) is 41.2 Å². The monoisotopic (exact) mass is 484 g/mol. The van der Waals surface area contributed by atoms with Crippen LogP contribution in [-0.2, 0) is 14.8 Å². The first-order valence-electron chi connectivity index (χ1n) is 11.3. The van der Waals surface area contributed by atoms with E-state index >= 15 is 4.39 Å². The van der Waals surface area contributed by atoms with Gasteiger partial charge in [-0.05, 0) is 37.8 Å². The number of nitrogens with one attached hydrogen (secondary N) is 2. The van der Waals surface area contributed by atoms with Crippen molar-refractivity contribution in [2.24, 2.45) is 5.92 Å². The fourth-order valence-corrected chi connectivity index (χ4v) is 6.14. The molecule has 9 nitrogen and oxygen atoms in total. The van der Waals surface area contributed by atoms with E-state index in [0.717, 1.165) is 18.5 Å². The minimum absolute atomic E-state index is 0.0539. The van der Waals surface area contributed by atoms with Gasteiger partial charge in [0.1, 0.15) is 28.2 Å². The lowest BCUT2D eigenvalue weighted by molar-refractivity contribution is -0.135. The number of halogens is 1. The maximum Gasteiger partial charge on any atom is 0.244 e. The number of carbonyl (C=O) groups excluding carboxylic acids is 1. The lowest BCUT2D eigenvalue weighted by atomic mass is 9.90. The first kappa shape index (κ1) is 22.7. The summed E-state index contributed by atoms with van der Waals surface area (Å²) in [6.45, 7) is 5.02. The summed E-state index contributed by atoms with van der Waals surface area (Å²) in [7, 11) is -4.22. The summed E-state index contributed by atoms with van der Waals surface area (Å²) in [6.07, 6.45) is 3.70. The number of aromatic amines is 1. The van der Waals surface area contributed by atoms with E-state index in [2.05, 4.69) is 19.7 Å². The van der Waals surface area contributed by atoms with Gasteiger partial charge in [0.15, 0.2) is 0 Å². The molecule has 1 aromatic carbocycles. The van der Waals surface area contributed by atoms with Gasteiger partial charge in [0.25, 0.3) is 0 Å². The fourth-order valence-electron chi connectivity index (χ4n) is 4.68. The molecule has 5 rings (SSSR count). The van der Waals surface area contributed by atoms with E-state index in [1.807, 2.05) is 24.8 Å². The van der Waals surface area contributed by atoms with Gasteiger partial charge in [-0.3, -0.25) is 4.79 Å². The summed E-state index contributed by atoms with van der Waals surface area (Å²) in [5.74, 6) is -0.755. The number of nitrogens with zero attached hydrogens (tertiary/aromatic N) is 4. The molecule has 178 valence electrons. The number of likely N-dealkylation sites (tertiary alicyclic amines) is 1. The summed E-state index contributed by atoms with van der Waals surface area (Å²) in [6, 6.07) is 4.39. The molecular formula is C23H25FN6O3S. The highest BCUT2D eigenvalue weighted by atomic mass is 32.2. The van der Waals surface area contributed by atoms with E-state index in [1.165, 1.54) is 18.5 Å². The zero-order valence-corrected chi connectivity index (χ0v) is 19.7. The molecule has 2 N–H and O–H groups in total. The maximum absolute atomic E-state index is 15.1. The summed E-state index contributed by atoms with van der Waals surface area (Å²) >= 11 is 0. The summed E-state index contributed by atoms with van der Waals surface area (Å²) in [5.41, 5.74) is 0.541. The van der Waals surface area contributed by atoms with Crippen molar-refractivity contribution in [1.29, 1.82) is 5.26 Å². The third-order valence-corrected chi connectivity index (χ3v) is 8.29. The quantitative estimate of drug-likeness (QED) is 0.572. The van der Waals surface area contributed by atoms with Crippen molar-refractivity contribution in [3.63, 3.8) is 0 Å². The number of benzene rings is 1. The van der Waals surface area contributed by atoms with E-state index in [-0.39, 0.29) is 17.7 Å². The molecule has 3 heterocycles. The molecule has 0 radical (unpaired) electrons. The molecular weight excluding hydrogens is 459 g/mol. The van der Waals surface area contributed by atoms with Crippen LogP contribution in [0.25, 0.3) is 21.9 Å². The average Bonchev–Trinajstić information content (AvgIpc) is 3.48. The van der Waals surface area contributed by atoms with E-state index in [9.17, 15) is 18.5 Å². The molecule has 0 spiro atoms. The van der Waals surface area contributed by atoms with Crippen LogP contribution in [0.3, 0.4) is 0 Å². The highest BCUT2D eigenvalue weighted by molar-refractivity contribution is 7.89. The molecule has 1 aliphatic carbocycles. The second-order valence-corrected chi connectivity index (χ2v) is 11.1. The number of fused-ring (bicyclic) bond motifs is 3. The number of carbonyl (C=O) groups is 1. The SMILES string of the molecule is CC(C)C(=O)N1CCC(c2ncnc3[nH]c4cc(S(=O)(=O)NC5(C#N)CC5)c(F)cc4c23)CC1. The molecule has 1 saturated heterocycles. The Morgan fingerprint density at radius 1 is 1.29 bits per heavy atom. The van der Waals surface area contributed by atoms with Crippen LogP contribution in [0.1, 0.15) is 51.1 Å². The molecule has 0 unspecified atom stereocenters. The highest BCUT2D eigenvalue weighted by Crippen LogP contribution is 2.38. The van der Waals surface area contributed by atoms with Gasteiger partial charge in [-0.15, -0.1) is 0 Å². The molecule has 1 aliphatic heterocycles. The second kappa shape index (κ2) is 7.99. The molecule has 1 saturated carbocycles. The van der Waals surface area contributed by atoms with Crippen molar-refractivity contribution in [1.82, 2.24) is 24.6 Å². The van der Waals surface area contributed by atoms with Crippen molar-refractivity contribution < 1.29 is 17.6 Å². The Morgan fingerprint density at radius 2 is 2.00 bits per heavy atom. The van der Waals surface area contributed by atoms with Gasteiger partial charge >= 0.3 is 0 Å². The smallest absolute Gasteiger partial charge is 0.244 e. The molecule has 1 amide bonds. The van der Waals surface area contributed by atoms with Crippen molar-refractivity contribution in [3.05, 3.63) is 30.0 Å². The normalized spacial score (nSPS) is 18.5. The van der Waals surface area contributed by atoms with Gasteiger partial charge in [0.2, 0.25) is 15.9 Å². The number of hydrogen-bond donors (Lipinski definition) is 2. The van der Waals surface area contributed by atoms with Crippen LogP contribution in [0.5, 0.6) is 0 Å². The number of rotatable bonds is 5. The van der Waals surface area contributed by atoms with Crippen molar-refractivity contribution in [3.8, 4) is 6.07 Å². The number of amides is 1. The first-order chi connectivity index (χ1) is 16.1. The largest absolute Gasteiger partial charge is 0.342 e. The summed E-state index contributed by atoms with van der Waals surface area (Å²) in [5, 5.41) is 10.4. The van der Waals surface area contributed by atoms with Crippen molar-refractivity contribution >= 4 is 37.9 Å². The van der Waals surface area contributed by atoms with Crippen LogP contribution in [-0.4, -0.2) is 52.8 Å². The molecule has 2 aromatic heterocycles. The lowest BCUT2D eigenvalue weighted by Crippen LogP contribution is -2.40. The molecule has 11 heteroatoms. The summed E-state index contributed by atoms with van der Waals surface area (Å²) in [4.78, 5) is 25.6. The first-order valence-corrected chi connectivity index (χ1v) is 12.8. The van der Waals surface area contributed by atoms with E-state index in [1.54, 1.807) is 0 Å². The Bertz CT molecular complexity index is 1450. The molecule has 0 bridgehead atoms. The predicted octanol–water partition coefficient (Wildman–Crippen LogP) is 2.95. The standard InChI is InChI=1S/C23H25FN6O3S/c1-13(2)22(31)30-7-3-14(4-8-30)20-19-15-9-16(24)18(10-17(15)28-21(19)27-12-26-20)34(32,33)29-23(11-25)5-6-23/h9-10,12-14,29H,3-8H2,1-2H3,(H,26,27,28). The molecule has 34 heavy (non-hydrogen) atoms. The van der Waals surface area contributed by atoms with Gasteiger partial charge < -0.3 is 9.88 Å². The number of hydrogen-bond acceptors (Lipinski definition) is 6. The molecule has 0 atom stereocenters. The van der Waals surface area contributed by atoms with Gasteiger partial charge in [-0.2, -0.15) is 9.98 Å². The van der Waals surface area contributed by atoms with Crippen LogP contribution in [0.4, 0.5) is 4.39 Å². The minimum Gasteiger partial charge on any atom is -0.342 e. The zero-order chi connectivity index (χ0) is 24.3. The Morgan fingerprint density at radius 3 is 2.62 bits per heavy atom. The van der Waals surface area contributed by atoms with Crippen LogP contribution < -0.4 is 4.72 Å². The Kier molecular flexibility index (Phi) is 5.33. The Balaban J connectivity index is 1.51. The van der Waals surface area contributed by atoms with Crippen LogP contribution in [0, 0.1) is 23.1 Å². The number of piperidine rings is 1. The van der Waals surface area contributed by atoms with Crippen molar-refractivity contribution in [2.45, 2.75) is 55.9 Å².